The normalized spacial score (nSPS) is 16.1. The van der Waals surface area contributed by atoms with Crippen LogP contribution in [0.1, 0.15) is 27.1 Å². The van der Waals surface area contributed by atoms with Crippen LogP contribution in [0.5, 0.6) is 0 Å². The molecule has 0 spiro atoms. The van der Waals surface area contributed by atoms with Crippen molar-refractivity contribution in [3.63, 3.8) is 0 Å². The van der Waals surface area contributed by atoms with Crippen LogP contribution in [0.25, 0.3) is 10.2 Å². The molecule has 0 saturated carbocycles. The van der Waals surface area contributed by atoms with Gasteiger partial charge in [0, 0.05) is 11.4 Å². The van der Waals surface area contributed by atoms with Gasteiger partial charge in [0.15, 0.2) is 0 Å². The molecular weight excluding hydrogens is 400 g/mol. The number of para-hydroxylation sites is 1. The topological polar surface area (TPSA) is 42.4 Å². The largest absolute Gasteiger partial charge is 0.364 e. The summed E-state index contributed by atoms with van der Waals surface area (Å²) in [4.78, 5) is 21.0. The van der Waals surface area contributed by atoms with Crippen LogP contribution in [-0.4, -0.2) is 28.9 Å². The van der Waals surface area contributed by atoms with E-state index in [0.717, 1.165) is 33.8 Å². The summed E-state index contributed by atoms with van der Waals surface area (Å²) in [6, 6.07) is 20.4. The van der Waals surface area contributed by atoms with E-state index < -0.39 is 0 Å². The third-order valence-corrected chi connectivity index (χ3v) is 7.20. The molecule has 2 aromatic carbocycles. The van der Waals surface area contributed by atoms with Gasteiger partial charge in [0.25, 0.3) is 0 Å². The van der Waals surface area contributed by atoms with Crippen molar-refractivity contribution in [3.8, 4) is 0 Å². The molecular formula is C23H20N2O2S2. The minimum atomic E-state index is -0.0373. The van der Waals surface area contributed by atoms with Crippen molar-refractivity contribution in [3.05, 3.63) is 87.1 Å². The predicted octanol–water partition coefficient (Wildman–Crippen LogP) is 5.05. The standard InChI is InChI=1S/C23H20N2O2S2/c26-22(15-27-14-21-24-18-8-4-5-9-20(18)29-21)25-12-10-19-17(11-13-28-19)23(25)16-6-2-1-3-7-16/h1-9,11,13,23H,10,12,14-15H2/t23-/m1/s1. The van der Waals surface area contributed by atoms with Crippen molar-refractivity contribution in [1.29, 1.82) is 0 Å². The van der Waals surface area contributed by atoms with Gasteiger partial charge in [0.2, 0.25) is 5.91 Å². The molecule has 1 atom stereocenters. The zero-order valence-electron chi connectivity index (χ0n) is 15.8. The molecule has 3 heterocycles. The maximum absolute atomic E-state index is 13.1. The molecule has 146 valence electrons. The molecule has 29 heavy (non-hydrogen) atoms. The zero-order chi connectivity index (χ0) is 19.6. The van der Waals surface area contributed by atoms with E-state index in [1.54, 1.807) is 22.7 Å². The predicted molar refractivity (Wildman–Crippen MR) is 117 cm³/mol. The average molecular weight is 421 g/mol. The molecule has 0 saturated heterocycles. The summed E-state index contributed by atoms with van der Waals surface area (Å²) in [5, 5.41) is 3.02. The number of hydrogen-bond donors (Lipinski definition) is 0. The molecule has 1 aliphatic rings. The van der Waals surface area contributed by atoms with Crippen molar-refractivity contribution in [1.82, 2.24) is 9.88 Å². The number of rotatable bonds is 5. The van der Waals surface area contributed by atoms with Crippen molar-refractivity contribution in [2.75, 3.05) is 13.2 Å². The van der Waals surface area contributed by atoms with Crippen LogP contribution in [-0.2, 0) is 22.6 Å². The molecule has 0 aliphatic carbocycles. The minimum absolute atomic E-state index is 0.0248. The Morgan fingerprint density at radius 1 is 1.10 bits per heavy atom. The summed E-state index contributed by atoms with van der Waals surface area (Å²) in [6.45, 7) is 1.15. The highest BCUT2D eigenvalue weighted by atomic mass is 32.1. The van der Waals surface area contributed by atoms with Gasteiger partial charge in [-0.05, 0) is 41.1 Å². The molecule has 0 bridgehead atoms. The fourth-order valence-corrected chi connectivity index (χ4v) is 5.68. The smallest absolute Gasteiger partial charge is 0.249 e. The number of ether oxygens (including phenoxy) is 1. The number of aromatic nitrogens is 1. The van der Waals surface area contributed by atoms with Crippen molar-refractivity contribution in [2.24, 2.45) is 0 Å². The molecule has 4 aromatic rings. The third kappa shape index (κ3) is 3.71. The molecule has 6 heteroatoms. The lowest BCUT2D eigenvalue weighted by Gasteiger charge is -2.36. The fraction of sp³-hybridized carbons (Fsp3) is 0.217. The lowest BCUT2D eigenvalue weighted by Crippen LogP contribution is -2.41. The Kier molecular flexibility index (Phi) is 5.14. The lowest BCUT2D eigenvalue weighted by atomic mass is 9.93. The summed E-state index contributed by atoms with van der Waals surface area (Å²) < 4.78 is 6.92. The van der Waals surface area contributed by atoms with Gasteiger partial charge in [-0.15, -0.1) is 22.7 Å². The van der Waals surface area contributed by atoms with Crippen LogP contribution in [0.2, 0.25) is 0 Å². The first kappa shape index (κ1) is 18.5. The van der Waals surface area contributed by atoms with E-state index in [1.807, 2.05) is 41.3 Å². The summed E-state index contributed by atoms with van der Waals surface area (Å²) in [5.74, 6) is 0.0248. The first-order valence-corrected chi connectivity index (χ1v) is 11.3. The Morgan fingerprint density at radius 2 is 1.93 bits per heavy atom. The van der Waals surface area contributed by atoms with Gasteiger partial charge in [-0.3, -0.25) is 4.79 Å². The van der Waals surface area contributed by atoms with E-state index >= 15 is 0 Å². The van der Waals surface area contributed by atoms with Gasteiger partial charge in [-0.2, -0.15) is 0 Å². The number of carbonyl (C=O) groups excluding carboxylic acids is 1. The Labute approximate surface area is 177 Å². The number of thiazole rings is 1. The summed E-state index contributed by atoms with van der Waals surface area (Å²) >= 11 is 3.39. The van der Waals surface area contributed by atoms with Crippen LogP contribution >= 0.6 is 22.7 Å². The lowest BCUT2D eigenvalue weighted by molar-refractivity contribution is -0.138. The van der Waals surface area contributed by atoms with E-state index in [-0.39, 0.29) is 18.6 Å². The molecule has 5 rings (SSSR count). The molecule has 0 radical (unpaired) electrons. The number of thiophene rings is 1. The van der Waals surface area contributed by atoms with Crippen molar-refractivity contribution in [2.45, 2.75) is 19.1 Å². The third-order valence-electron chi connectivity index (χ3n) is 5.19. The summed E-state index contributed by atoms with van der Waals surface area (Å²) in [5.41, 5.74) is 3.37. The van der Waals surface area contributed by atoms with E-state index in [4.69, 9.17) is 4.74 Å². The van der Waals surface area contributed by atoms with Gasteiger partial charge < -0.3 is 9.64 Å². The number of benzene rings is 2. The van der Waals surface area contributed by atoms with Crippen LogP contribution in [0.4, 0.5) is 0 Å². The SMILES string of the molecule is O=C(COCc1nc2ccccc2s1)N1CCc2sccc2[C@H]1c1ccccc1. The molecule has 2 aromatic heterocycles. The molecule has 0 fully saturated rings. The second kappa shape index (κ2) is 8.06. The number of fused-ring (bicyclic) bond motifs is 2. The minimum Gasteiger partial charge on any atom is -0.364 e. The fourth-order valence-electron chi connectivity index (χ4n) is 3.87. The van der Waals surface area contributed by atoms with E-state index in [9.17, 15) is 4.79 Å². The van der Waals surface area contributed by atoms with Crippen LogP contribution < -0.4 is 0 Å². The van der Waals surface area contributed by atoms with Gasteiger partial charge in [-0.25, -0.2) is 4.98 Å². The quantitative estimate of drug-likeness (QED) is 0.454. The van der Waals surface area contributed by atoms with Crippen molar-refractivity contribution < 1.29 is 9.53 Å². The average Bonchev–Trinajstić information content (AvgIpc) is 3.40. The second-order valence-corrected chi connectivity index (χ2v) is 9.13. The number of carbonyl (C=O) groups is 1. The first-order valence-electron chi connectivity index (χ1n) is 9.62. The van der Waals surface area contributed by atoms with E-state index in [1.165, 1.54) is 10.4 Å². The highest BCUT2D eigenvalue weighted by molar-refractivity contribution is 7.18. The molecule has 4 nitrogen and oxygen atoms in total. The highest BCUT2D eigenvalue weighted by Crippen LogP contribution is 2.37. The Balaban J connectivity index is 1.30. The maximum Gasteiger partial charge on any atom is 0.249 e. The number of nitrogens with zero attached hydrogens (tertiary/aromatic N) is 2. The Hall–Kier alpha value is -2.54. The van der Waals surface area contributed by atoms with Crippen LogP contribution in [0.15, 0.2) is 66.0 Å². The Morgan fingerprint density at radius 3 is 2.79 bits per heavy atom. The molecule has 1 aliphatic heterocycles. The van der Waals surface area contributed by atoms with Crippen LogP contribution in [0, 0.1) is 0 Å². The van der Waals surface area contributed by atoms with E-state index in [0.29, 0.717) is 6.61 Å². The number of hydrogen-bond acceptors (Lipinski definition) is 5. The maximum atomic E-state index is 13.1. The summed E-state index contributed by atoms with van der Waals surface area (Å²) in [7, 11) is 0. The van der Waals surface area contributed by atoms with Crippen LogP contribution in [0.3, 0.4) is 0 Å². The van der Waals surface area contributed by atoms with Gasteiger partial charge >= 0.3 is 0 Å². The first-order chi connectivity index (χ1) is 14.3. The highest BCUT2D eigenvalue weighted by Gasteiger charge is 2.32. The molecule has 1 amide bonds. The number of amides is 1. The second-order valence-electron chi connectivity index (χ2n) is 7.02. The van der Waals surface area contributed by atoms with Crippen molar-refractivity contribution >= 4 is 38.8 Å². The molecule has 0 N–H and O–H groups in total. The van der Waals surface area contributed by atoms with Gasteiger partial charge in [0.1, 0.15) is 11.6 Å². The van der Waals surface area contributed by atoms with Gasteiger partial charge in [-0.1, -0.05) is 42.5 Å². The Bertz CT molecular complexity index is 1100. The monoisotopic (exact) mass is 420 g/mol. The van der Waals surface area contributed by atoms with E-state index in [2.05, 4.69) is 34.6 Å². The molecule has 0 unspecified atom stereocenters. The zero-order valence-corrected chi connectivity index (χ0v) is 17.4. The summed E-state index contributed by atoms with van der Waals surface area (Å²) in [6.07, 6.45) is 0.903. The van der Waals surface area contributed by atoms with Gasteiger partial charge in [0.05, 0.1) is 22.9 Å².